The molecule has 0 radical (unpaired) electrons. The predicted molar refractivity (Wildman–Crippen MR) is 131 cm³/mol. The Kier molecular flexibility index (Phi) is 5.60. The highest BCUT2D eigenvalue weighted by Gasteiger charge is 2.79. The Hall–Kier alpha value is -4.84. The van der Waals surface area contributed by atoms with Gasteiger partial charge in [-0.05, 0) is 47.5 Å². The van der Waals surface area contributed by atoms with Crippen LogP contribution in [0.25, 0.3) is 0 Å². The van der Waals surface area contributed by atoms with Crippen molar-refractivity contribution in [1.29, 1.82) is 21.2 Å². The molecule has 8 nitrogen and oxygen atoms in total. The Balaban J connectivity index is 1.66. The minimum absolute atomic E-state index is 0.453. The van der Waals surface area contributed by atoms with E-state index in [1.165, 1.54) is 7.11 Å². The number of benzene rings is 3. The highest BCUT2D eigenvalue weighted by molar-refractivity contribution is 5.90. The second-order valence-electron chi connectivity index (χ2n) is 9.09. The molecule has 2 fully saturated rings. The van der Waals surface area contributed by atoms with E-state index in [0.29, 0.717) is 28.4 Å². The Morgan fingerprint density at radius 1 is 0.811 bits per heavy atom. The second kappa shape index (κ2) is 8.68. The lowest BCUT2D eigenvalue weighted by Crippen LogP contribution is -2.57. The van der Waals surface area contributed by atoms with Gasteiger partial charge in [0, 0.05) is 6.92 Å². The maximum atomic E-state index is 10.6. The van der Waals surface area contributed by atoms with Crippen LogP contribution in [0.4, 0.5) is 0 Å². The van der Waals surface area contributed by atoms with Gasteiger partial charge in [0.15, 0.2) is 5.41 Å². The fourth-order valence-corrected chi connectivity index (χ4v) is 5.45. The van der Waals surface area contributed by atoms with Gasteiger partial charge in [0.1, 0.15) is 23.4 Å². The lowest BCUT2D eigenvalue weighted by Gasteiger charge is -2.48. The molecule has 2 saturated heterocycles. The fraction of sp³-hybridized carbons (Fsp3) is 0.241. The molecule has 2 aliphatic rings. The molecule has 0 amide bonds. The average Bonchev–Trinajstić information content (AvgIpc) is 3.11. The third kappa shape index (κ3) is 3.33. The van der Waals surface area contributed by atoms with Crippen LogP contribution in [0.1, 0.15) is 30.1 Å². The van der Waals surface area contributed by atoms with Crippen LogP contribution in [0.2, 0.25) is 0 Å². The summed E-state index contributed by atoms with van der Waals surface area (Å²) in [6.45, 7) is 1.63. The van der Waals surface area contributed by atoms with Gasteiger partial charge in [-0.2, -0.15) is 15.8 Å². The number of nitrogens with one attached hydrogen (secondary N) is 1. The summed E-state index contributed by atoms with van der Waals surface area (Å²) >= 11 is 0. The quantitative estimate of drug-likeness (QED) is 0.491. The van der Waals surface area contributed by atoms with E-state index in [4.69, 9.17) is 24.4 Å². The molecule has 8 heteroatoms. The number of nitrogens with zero attached hydrogens (tertiary/aromatic N) is 3. The Labute approximate surface area is 214 Å². The van der Waals surface area contributed by atoms with Gasteiger partial charge in [-0.1, -0.05) is 42.5 Å². The van der Waals surface area contributed by atoms with Crippen molar-refractivity contribution in [3.63, 3.8) is 0 Å². The van der Waals surface area contributed by atoms with Crippen molar-refractivity contribution in [3.8, 4) is 35.5 Å². The molecule has 2 bridgehead atoms. The van der Waals surface area contributed by atoms with Crippen LogP contribution in [0.3, 0.4) is 0 Å². The van der Waals surface area contributed by atoms with Gasteiger partial charge in [-0.25, -0.2) is 0 Å². The van der Waals surface area contributed by atoms with E-state index in [1.54, 1.807) is 67.6 Å². The largest absolute Gasteiger partial charge is 0.497 e. The SMILES string of the molecule is COc1ccc(C2C3(C)OC(=N)C2(C#N)C(C#N)(C#N)C(c2cccc(Oc4ccccc4)c2)O3)cc1. The lowest BCUT2D eigenvalue weighted by molar-refractivity contribution is -0.253. The van der Waals surface area contributed by atoms with Crippen molar-refractivity contribution in [2.75, 3.05) is 7.11 Å². The van der Waals surface area contributed by atoms with Crippen LogP contribution in [-0.4, -0.2) is 18.8 Å². The monoisotopic (exact) mass is 490 g/mol. The highest BCUT2D eigenvalue weighted by atomic mass is 16.7. The molecule has 4 unspecified atom stereocenters. The van der Waals surface area contributed by atoms with Gasteiger partial charge >= 0.3 is 0 Å². The first-order chi connectivity index (χ1) is 17.9. The molecule has 5 rings (SSSR count). The molecule has 2 aliphatic heterocycles. The molecule has 0 aromatic heterocycles. The summed E-state index contributed by atoms with van der Waals surface area (Å²) in [5.41, 5.74) is -3.01. The molecule has 182 valence electrons. The van der Waals surface area contributed by atoms with Gasteiger partial charge in [-0.15, -0.1) is 0 Å². The topological polar surface area (TPSA) is 132 Å². The van der Waals surface area contributed by atoms with Crippen LogP contribution in [-0.2, 0) is 9.47 Å². The maximum Gasteiger partial charge on any atom is 0.218 e. The molecule has 3 aromatic rings. The smallest absolute Gasteiger partial charge is 0.218 e. The zero-order valence-corrected chi connectivity index (χ0v) is 20.1. The summed E-state index contributed by atoms with van der Waals surface area (Å²) in [6.07, 6.45) is -1.20. The molecule has 0 aliphatic carbocycles. The number of hydrogen-bond donors (Lipinski definition) is 1. The summed E-state index contributed by atoms with van der Waals surface area (Å²) in [7, 11) is 1.54. The number of ether oxygens (including phenoxy) is 4. The Morgan fingerprint density at radius 2 is 1.49 bits per heavy atom. The van der Waals surface area contributed by atoms with Crippen molar-refractivity contribution in [2.24, 2.45) is 10.8 Å². The van der Waals surface area contributed by atoms with E-state index in [9.17, 15) is 15.8 Å². The van der Waals surface area contributed by atoms with E-state index in [1.807, 2.05) is 18.2 Å². The van der Waals surface area contributed by atoms with Crippen LogP contribution in [0, 0.1) is 50.2 Å². The summed E-state index contributed by atoms with van der Waals surface area (Å²) in [6, 6.07) is 29.2. The minimum Gasteiger partial charge on any atom is -0.497 e. The van der Waals surface area contributed by atoms with E-state index < -0.39 is 34.5 Å². The van der Waals surface area contributed by atoms with Gasteiger partial charge in [0.2, 0.25) is 17.1 Å². The van der Waals surface area contributed by atoms with Gasteiger partial charge in [0.05, 0.1) is 31.2 Å². The van der Waals surface area contributed by atoms with Crippen molar-refractivity contribution >= 4 is 5.90 Å². The van der Waals surface area contributed by atoms with Crippen LogP contribution >= 0.6 is 0 Å². The summed E-state index contributed by atoms with van der Waals surface area (Å²) < 4.78 is 23.5. The summed E-state index contributed by atoms with van der Waals surface area (Å²) in [5.74, 6) is -1.22. The first kappa shape index (κ1) is 23.9. The molecule has 1 N–H and O–H groups in total. The number of rotatable bonds is 5. The van der Waals surface area contributed by atoms with Crippen LogP contribution in [0.5, 0.6) is 17.2 Å². The number of hydrogen-bond acceptors (Lipinski definition) is 8. The van der Waals surface area contributed by atoms with Crippen molar-refractivity contribution in [2.45, 2.75) is 24.7 Å². The van der Waals surface area contributed by atoms with Crippen LogP contribution < -0.4 is 9.47 Å². The molecule has 4 atom stereocenters. The standard InChI is InChI=1S/C29H22N4O4/c1-27-24(19-11-13-21(34-2)14-12-19)29(18-32,26(33)37-27)28(16-30,17-31)25(36-27)20-7-6-10-23(15-20)35-22-8-4-3-5-9-22/h3-15,24-25,33H,1-2H3. The first-order valence-electron chi connectivity index (χ1n) is 11.5. The second-order valence-corrected chi connectivity index (χ2v) is 9.09. The molecule has 0 spiro atoms. The number of fused-ring (bicyclic) bond motifs is 2. The summed E-state index contributed by atoms with van der Waals surface area (Å²) in [5, 5.41) is 40.4. The number of nitriles is 3. The van der Waals surface area contributed by atoms with Crippen molar-refractivity contribution < 1.29 is 18.9 Å². The molecule has 0 saturated carbocycles. The zero-order valence-electron chi connectivity index (χ0n) is 20.1. The van der Waals surface area contributed by atoms with Crippen molar-refractivity contribution in [3.05, 3.63) is 90.0 Å². The number of methoxy groups -OCH3 is 1. The lowest BCUT2D eigenvalue weighted by atomic mass is 9.52. The van der Waals surface area contributed by atoms with E-state index in [2.05, 4.69) is 18.2 Å². The molecule has 2 heterocycles. The Morgan fingerprint density at radius 3 is 2.11 bits per heavy atom. The summed E-state index contributed by atoms with van der Waals surface area (Å²) in [4.78, 5) is 0. The van der Waals surface area contributed by atoms with E-state index in [0.717, 1.165) is 0 Å². The third-order valence-corrected chi connectivity index (χ3v) is 7.11. The molecular weight excluding hydrogens is 468 g/mol. The number of para-hydroxylation sites is 1. The van der Waals surface area contributed by atoms with Gasteiger partial charge in [0.25, 0.3) is 0 Å². The normalized spacial score (nSPS) is 27.2. The molecule has 37 heavy (non-hydrogen) atoms. The van der Waals surface area contributed by atoms with E-state index in [-0.39, 0.29) is 0 Å². The van der Waals surface area contributed by atoms with Crippen molar-refractivity contribution in [1.82, 2.24) is 0 Å². The fourth-order valence-electron chi connectivity index (χ4n) is 5.45. The molecule has 3 aromatic carbocycles. The van der Waals surface area contributed by atoms with Gasteiger partial charge in [-0.3, -0.25) is 5.41 Å². The van der Waals surface area contributed by atoms with Crippen LogP contribution in [0.15, 0.2) is 78.9 Å². The molecular formula is C29H22N4O4. The third-order valence-electron chi connectivity index (χ3n) is 7.11. The maximum absolute atomic E-state index is 10.6. The average molecular weight is 491 g/mol. The van der Waals surface area contributed by atoms with E-state index >= 15 is 0 Å². The first-order valence-corrected chi connectivity index (χ1v) is 11.5. The highest BCUT2D eigenvalue weighted by Crippen LogP contribution is 2.69. The zero-order chi connectivity index (χ0) is 26.3. The predicted octanol–water partition coefficient (Wildman–Crippen LogP) is 5.61. The Bertz CT molecular complexity index is 1470. The minimum atomic E-state index is -2.11. The van der Waals surface area contributed by atoms with Gasteiger partial charge < -0.3 is 18.9 Å².